The molecule has 0 radical (unpaired) electrons. The Bertz CT molecular complexity index is 1070. The van der Waals surface area contributed by atoms with Gasteiger partial charge in [0.1, 0.15) is 12.0 Å². The van der Waals surface area contributed by atoms with E-state index in [4.69, 9.17) is 4.74 Å². The van der Waals surface area contributed by atoms with Crippen molar-refractivity contribution in [1.29, 1.82) is 0 Å². The van der Waals surface area contributed by atoms with Crippen LogP contribution in [0.1, 0.15) is 40.5 Å². The lowest BCUT2D eigenvalue weighted by molar-refractivity contribution is 0.102. The first-order chi connectivity index (χ1) is 14.6. The van der Waals surface area contributed by atoms with Gasteiger partial charge in [-0.3, -0.25) is 9.59 Å². The highest BCUT2D eigenvalue weighted by atomic mass is 16.5. The Morgan fingerprint density at radius 1 is 1.13 bits per heavy atom. The van der Waals surface area contributed by atoms with Crippen molar-refractivity contribution in [2.45, 2.75) is 19.8 Å². The number of methoxy groups -OCH3 is 1. The van der Waals surface area contributed by atoms with Crippen LogP contribution in [-0.2, 0) is 0 Å². The lowest BCUT2D eigenvalue weighted by Crippen LogP contribution is -2.26. The van der Waals surface area contributed by atoms with Crippen LogP contribution < -0.4 is 15.0 Å². The Labute approximate surface area is 176 Å². The summed E-state index contributed by atoms with van der Waals surface area (Å²) in [6.45, 7) is 4.03. The van der Waals surface area contributed by atoms with E-state index in [1.54, 1.807) is 31.4 Å². The molecule has 4 rings (SSSR count). The molecule has 0 spiro atoms. The number of nitrogens with zero attached hydrogens (tertiary/aromatic N) is 1. The van der Waals surface area contributed by atoms with E-state index in [1.165, 1.54) is 12.8 Å². The molecule has 0 saturated heterocycles. The van der Waals surface area contributed by atoms with Gasteiger partial charge in [0.05, 0.1) is 7.11 Å². The lowest BCUT2D eigenvalue weighted by atomic mass is 10.0. The van der Waals surface area contributed by atoms with Crippen LogP contribution in [0.2, 0.25) is 0 Å². The van der Waals surface area contributed by atoms with Gasteiger partial charge in [-0.1, -0.05) is 6.07 Å². The fraction of sp³-hybridized carbons (Fsp3) is 0.280. The normalized spacial score (nSPS) is 13.1. The second-order valence-electron chi connectivity index (χ2n) is 7.76. The summed E-state index contributed by atoms with van der Waals surface area (Å²) in [5.41, 5.74) is 2.90. The molecule has 1 saturated carbocycles. The number of hydrogen-bond donors (Lipinski definition) is 1. The summed E-state index contributed by atoms with van der Waals surface area (Å²) >= 11 is 0. The molecule has 3 aromatic carbocycles. The molecule has 5 heteroatoms. The van der Waals surface area contributed by atoms with E-state index < -0.39 is 0 Å². The molecule has 30 heavy (non-hydrogen) atoms. The van der Waals surface area contributed by atoms with Crippen LogP contribution in [0.3, 0.4) is 0 Å². The molecule has 1 N–H and O–H groups in total. The molecular weight excluding hydrogens is 376 g/mol. The highest BCUT2D eigenvalue weighted by molar-refractivity contribution is 6.09. The molecule has 1 aliphatic carbocycles. The first kappa shape index (κ1) is 20.0. The maximum atomic E-state index is 13.0. The fourth-order valence-corrected chi connectivity index (χ4v) is 3.70. The number of fused-ring (bicyclic) bond motifs is 1. The molecule has 1 amide bonds. The summed E-state index contributed by atoms with van der Waals surface area (Å²) in [7, 11) is 1.67. The average Bonchev–Trinajstić information content (AvgIpc) is 3.61. The first-order valence-electron chi connectivity index (χ1n) is 10.3. The highest BCUT2D eigenvalue weighted by Crippen LogP contribution is 2.36. The van der Waals surface area contributed by atoms with Crippen LogP contribution in [0.25, 0.3) is 10.8 Å². The van der Waals surface area contributed by atoms with Crippen molar-refractivity contribution in [2.24, 2.45) is 5.92 Å². The number of rotatable bonds is 8. The van der Waals surface area contributed by atoms with Gasteiger partial charge >= 0.3 is 0 Å². The minimum absolute atomic E-state index is 0.171. The predicted molar refractivity (Wildman–Crippen MR) is 121 cm³/mol. The van der Waals surface area contributed by atoms with Gasteiger partial charge in [0.2, 0.25) is 0 Å². The monoisotopic (exact) mass is 402 g/mol. The van der Waals surface area contributed by atoms with Crippen LogP contribution in [0.4, 0.5) is 11.4 Å². The van der Waals surface area contributed by atoms with Crippen LogP contribution in [-0.4, -0.2) is 32.4 Å². The summed E-state index contributed by atoms with van der Waals surface area (Å²) < 4.78 is 5.44. The van der Waals surface area contributed by atoms with Gasteiger partial charge in [-0.25, -0.2) is 0 Å². The second kappa shape index (κ2) is 8.57. The van der Waals surface area contributed by atoms with Crippen molar-refractivity contribution in [3.63, 3.8) is 0 Å². The van der Waals surface area contributed by atoms with E-state index in [0.29, 0.717) is 16.8 Å². The highest BCUT2D eigenvalue weighted by Gasteiger charge is 2.25. The lowest BCUT2D eigenvalue weighted by Gasteiger charge is -2.25. The number of nitrogens with one attached hydrogen (secondary N) is 1. The minimum atomic E-state index is -0.171. The Morgan fingerprint density at radius 2 is 1.90 bits per heavy atom. The molecule has 1 fully saturated rings. The summed E-state index contributed by atoms with van der Waals surface area (Å²) in [6, 6.07) is 16.7. The maximum Gasteiger partial charge on any atom is 0.255 e. The summed E-state index contributed by atoms with van der Waals surface area (Å²) in [6.07, 6.45) is 3.33. The van der Waals surface area contributed by atoms with Gasteiger partial charge in [0.15, 0.2) is 0 Å². The van der Waals surface area contributed by atoms with Gasteiger partial charge < -0.3 is 15.0 Å². The molecule has 0 bridgehead atoms. The van der Waals surface area contributed by atoms with E-state index in [2.05, 4.69) is 17.1 Å². The molecule has 0 atom stereocenters. The van der Waals surface area contributed by atoms with Crippen molar-refractivity contribution in [3.8, 4) is 5.75 Å². The summed E-state index contributed by atoms with van der Waals surface area (Å²) in [5, 5.41) is 5.03. The van der Waals surface area contributed by atoms with Gasteiger partial charge in [-0.15, -0.1) is 0 Å². The smallest absolute Gasteiger partial charge is 0.255 e. The minimum Gasteiger partial charge on any atom is -0.497 e. The van der Waals surface area contributed by atoms with E-state index in [1.807, 2.05) is 30.3 Å². The van der Waals surface area contributed by atoms with Gasteiger partial charge in [-0.05, 0) is 79.6 Å². The Hall–Kier alpha value is -3.34. The topological polar surface area (TPSA) is 58.6 Å². The Kier molecular flexibility index (Phi) is 5.70. The molecule has 0 aliphatic heterocycles. The van der Waals surface area contributed by atoms with Crippen LogP contribution in [0.15, 0.2) is 54.6 Å². The fourth-order valence-electron chi connectivity index (χ4n) is 3.70. The molecule has 0 heterocycles. The number of carbonyl (C=O) groups excluding carboxylic acids is 2. The molecule has 0 unspecified atom stereocenters. The molecule has 5 nitrogen and oxygen atoms in total. The number of anilines is 2. The number of amides is 1. The third kappa shape index (κ3) is 4.30. The molecule has 3 aromatic rings. The van der Waals surface area contributed by atoms with Crippen molar-refractivity contribution < 1.29 is 14.3 Å². The zero-order valence-electron chi connectivity index (χ0n) is 17.4. The van der Waals surface area contributed by atoms with Crippen molar-refractivity contribution in [1.82, 2.24) is 0 Å². The largest absolute Gasteiger partial charge is 0.497 e. The first-order valence-corrected chi connectivity index (χ1v) is 10.3. The van der Waals surface area contributed by atoms with E-state index >= 15 is 0 Å². The SMILES string of the molecule is CCN(CC1CC1)c1cc(C(=O)Nc2ccc(C=O)cc2)cc2ccc(OC)cc12. The molecule has 1 aliphatic rings. The predicted octanol–water partition coefficient (Wildman–Crippen LogP) is 5.15. The summed E-state index contributed by atoms with van der Waals surface area (Å²) in [4.78, 5) is 26.2. The van der Waals surface area contributed by atoms with Crippen LogP contribution >= 0.6 is 0 Å². The van der Waals surface area contributed by atoms with E-state index in [9.17, 15) is 9.59 Å². The van der Waals surface area contributed by atoms with Gasteiger partial charge in [0, 0.05) is 41.0 Å². The standard InChI is InChI=1S/C25H26N2O3/c1-3-27(15-17-4-5-17)24-13-20(12-19-8-11-22(30-2)14-23(19)24)25(29)26-21-9-6-18(16-28)7-10-21/h6-14,16-17H,3-5,15H2,1-2H3,(H,26,29). The second-order valence-corrected chi connectivity index (χ2v) is 7.76. The van der Waals surface area contributed by atoms with Crippen molar-refractivity contribution >= 4 is 34.3 Å². The molecule has 0 aromatic heterocycles. The third-order valence-electron chi connectivity index (χ3n) is 5.60. The van der Waals surface area contributed by atoms with E-state index in [0.717, 1.165) is 47.5 Å². The zero-order valence-corrected chi connectivity index (χ0v) is 17.4. The summed E-state index contributed by atoms with van der Waals surface area (Å²) in [5.74, 6) is 1.37. The van der Waals surface area contributed by atoms with Crippen molar-refractivity contribution in [3.05, 3.63) is 65.7 Å². The van der Waals surface area contributed by atoms with Crippen molar-refractivity contribution in [2.75, 3.05) is 30.4 Å². The maximum absolute atomic E-state index is 13.0. The van der Waals surface area contributed by atoms with Crippen LogP contribution in [0.5, 0.6) is 5.75 Å². The van der Waals surface area contributed by atoms with Gasteiger partial charge in [-0.2, -0.15) is 0 Å². The molecular formula is C25H26N2O3. The van der Waals surface area contributed by atoms with Gasteiger partial charge in [0.25, 0.3) is 5.91 Å². The number of aldehydes is 1. The third-order valence-corrected chi connectivity index (χ3v) is 5.60. The van der Waals surface area contributed by atoms with E-state index in [-0.39, 0.29) is 5.91 Å². The Morgan fingerprint density at radius 3 is 2.53 bits per heavy atom. The quantitative estimate of drug-likeness (QED) is 0.530. The molecule has 154 valence electrons. The number of carbonyl (C=O) groups is 2. The number of benzene rings is 3. The zero-order chi connectivity index (χ0) is 21.1. The Balaban J connectivity index is 1.71. The average molecular weight is 402 g/mol. The number of hydrogen-bond acceptors (Lipinski definition) is 4. The number of ether oxygens (including phenoxy) is 1. The van der Waals surface area contributed by atoms with Crippen LogP contribution in [0, 0.1) is 5.92 Å².